The predicted octanol–water partition coefficient (Wildman–Crippen LogP) is 4.02. The third-order valence-electron chi connectivity index (χ3n) is 6.81. The molecule has 0 radical (unpaired) electrons. The Kier molecular flexibility index (Phi) is 7.87. The van der Waals surface area contributed by atoms with Gasteiger partial charge in [-0.3, -0.25) is 14.7 Å². The molecule has 1 amide bonds. The van der Waals surface area contributed by atoms with Crippen molar-refractivity contribution in [2.45, 2.75) is 32.9 Å². The minimum atomic E-state index is -0.102. The highest BCUT2D eigenvalue weighted by molar-refractivity contribution is 6.06. The molecule has 5 rings (SSSR count). The van der Waals surface area contributed by atoms with Crippen molar-refractivity contribution >= 4 is 16.9 Å². The maximum atomic E-state index is 13.7. The van der Waals surface area contributed by atoms with Gasteiger partial charge in [-0.05, 0) is 36.1 Å². The van der Waals surface area contributed by atoms with E-state index in [-0.39, 0.29) is 11.9 Å². The van der Waals surface area contributed by atoms with E-state index in [2.05, 4.69) is 34.1 Å². The number of aromatic nitrogens is 4. The molecule has 0 spiro atoms. The Hall–Kier alpha value is -3.62. The first-order chi connectivity index (χ1) is 18.1. The highest BCUT2D eigenvalue weighted by atomic mass is 16.5. The van der Waals surface area contributed by atoms with Crippen molar-refractivity contribution in [2.75, 3.05) is 32.8 Å². The number of hydrogen-bond donors (Lipinski definition) is 1. The monoisotopic (exact) mass is 498 g/mol. The van der Waals surface area contributed by atoms with E-state index in [1.165, 1.54) is 0 Å². The number of amides is 1. The third kappa shape index (κ3) is 6.03. The zero-order valence-corrected chi connectivity index (χ0v) is 21.5. The zero-order valence-electron chi connectivity index (χ0n) is 21.5. The lowest BCUT2D eigenvalue weighted by molar-refractivity contribution is 0.0124. The molecule has 0 saturated carbocycles. The molecule has 0 aliphatic carbocycles. The number of benzene rings is 1. The summed E-state index contributed by atoms with van der Waals surface area (Å²) in [6, 6.07) is 16.0. The molecule has 8 nitrogen and oxygen atoms in total. The largest absolute Gasteiger partial charge is 0.379 e. The van der Waals surface area contributed by atoms with E-state index in [1.54, 1.807) is 18.6 Å². The molecule has 1 N–H and O–H groups in total. The summed E-state index contributed by atoms with van der Waals surface area (Å²) >= 11 is 0. The first-order valence-corrected chi connectivity index (χ1v) is 13.0. The molecule has 1 aromatic carbocycles. The van der Waals surface area contributed by atoms with Crippen molar-refractivity contribution in [3.05, 3.63) is 78.2 Å². The fourth-order valence-electron chi connectivity index (χ4n) is 4.92. The van der Waals surface area contributed by atoms with Crippen LogP contribution < -0.4 is 5.32 Å². The van der Waals surface area contributed by atoms with Crippen LogP contribution in [0.25, 0.3) is 22.3 Å². The molecule has 1 unspecified atom stereocenters. The molecule has 0 bridgehead atoms. The van der Waals surface area contributed by atoms with Crippen molar-refractivity contribution in [1.82, 2.24) is 30.0 Å². The lowest BCUT2D eigenvalue weighted by Gasteiger charge is -2.35. The normalized spacial score (nSPS) is 15.2. The number of ether oxygens (including phenoxy) is 1. The number of carbonyl (C=O) groups is 1. The Balaban J connectivity index is 1.46. The van der Waals surface area contributed by atoms with Gasteiger partial charge < -0.3 is 10.1 Å². The maximum absolute atomic E-state index is 13.7. The standard InChI is InChI=1S/C29H34N6O2/c1-21(2)16-24(34-12-14-37-15-13-34)18-31-29(36)25-17-27(23-6-4-3-5-7-23)33-28-26(25)19-32-35(28)20-22-8-10-30-11-9-22/h3-11,17,19,21,24H,12-16,18,20H2,1-2H3,(H,31,36). The average Bonchev–Trinajstić information content (AvgIpc) is 3.34. The van der Waals surface area contributed by atoms with E-state index < -0.39 is 0 Å². The molecule has 1 saturated heterocycles. The fourth-order valence-corrected chi connectivity index (χ4v) is 4.92. The van der Waals surface area contributed by atoms with Crippen LogP contribution in [0.5, 0.6) is 0 Å². The SMILES string of the molecule is CC(C)CC(CNC(=O)c1cc(-c2ccccc2)nc2c1cnn2Cc1ccncc1)N1CCOCC1. The van der Waals surface area contributed by atoms with Gasteiger partial charge >= 0.3 is 0 Å². The Morgan fingerprint density at radius 2 is 1.84 bits per heavy atom. The first-order valence-electron chi connectivity index (χ1n) is 13.0. The number of rotatable bonds is 9. The summed E-state index contributed by atoms with van der Waals surface area (Å²) in [6.45, 7) is 8.86. The molecule has 1 fully saturated rings. The number of pyridine rings is 2. The third-order valence-corrected chi connectivity index (χ3v) is 6.81. The van der Waals surface area contributed by atoms with Crippen LogP contribution in [0.3, 0.4) is 0 Å². The lowest BCUT2D eigenvalue weighted by atomic mass is 10.0. The average molecular weight is 499 g/mol. The van der Waals surface area contributed by atoms with Crippen LogP contribution >= 0.6 is 0 Å². The Bertz CT molecular complexity index is 1320. The summed E-state index contributed by atoms with van der Waals surface area (Å²) in [7, 11) is 0. The topological polar surface area (TPSA) is 85.2 Å². The summed E-state index contributed by atoms with van der Waals surface area (Å²) < 4.78 is 7.40. The van der Waals surface area contributed by atoms with Crippen molar-refractivity contribution in [3.63, 3.8) is 0 Å². The number of morpholine rings is 1. The van der Waals surface area contributed by atoms with Crippen LogP contribution in [-0.4, -0.2) is 69.4 Å². The molecule has 1 atom stereocenters. The van der Waals surface area contributed by atoms with Gasteiger partial charge in [-0.1, -0.05) is 44.2 Å². The van der Waals surface area contributed by atoms with Gasteiger partial charge in [-0.25, -0.2) is 9.67 Å². The summed E-state index contributed by atoms with van der Waals surface area (Å²) in [4.78, 5) is 25.1. The predicted molar refractivity (Wildman–Crippen MR) is 144 cm³/mol. The Morgan fingerprint density at radius 3 is 2.57 bits per heavy atom. The van der Waals surface area contributed by atoms with Crippen molar-refractivity contribution in [1.29, 1.82) is 0 Å². The van der Waals surface area contributed by atoms with Gasteiger partial charge in [0.05, 0.1) is 42.6 Å². The molecule has 37 heavy (non-hydrogen) atoms. The second-order valence-electron chi connectivity index (χ2n) is 9.96. The quantitative estimate of drug-likeness (QED) is 0.375. The minimum Gasteiger partial charge on any atom is -0.379 e. The first kappa shape index (κ1) is 25.0. The maximum Gasteiger partial charge on any atom is 0.252 e. The van der Waals surface area contributed by atoms with Gasteiger partial charge in [0, 0.05) is 43.6 Å². The minimum absolute atomic E-state index is 0.102. The van der Waals surface area contributed by atoms with Crippen LogP contribution in [0.2, 0.25) is 0 Å². The molecule has 3 aromatic heterocycles. The Morgan fingerprint density at radius 1 is 1.08 bits per heavy atom. The molecule has 4 aromatic rings. The van der Waals surface area contributed by atoms with E-state index in [1.807, 2.05) is 53.2 Å². The van der Waals surface area contributed by atoms with Crippen molar-refractivity contribution in [2.24, 2.45) is 5.92 Å². The van der Waals surface area contributed by atoms with Crippen molar-refractivity contribution < 1.29 is 9.53 Å². The molecule has 8 heteroatoms. The van der Waals surface area contributed by atoms with E-state index in [9.17, 15) is 4.79 Å². The fraction of sp³-hybridized carbons (Fsp3) is 0.379. The molecule has 4 heterocycles. The van der Waals surface area contributed by atoms with E-state index in [4.69, 9.17) is 9.72 Å². The van der Waals surface area contributed by atoms with Gasteiger partial charge in [-0.2, -0.15) is 5.10 Å². The Labute approximate surface area is 217 Å². The summed E-state index contributed by atoms with van der Waals surface area (Å²) in [5.74, 6) is 0.434. The van der Waals surface area contributed by atoms with Crippen LogP contribution in [0, 0.1) is 5.92 Å². The number of nitrogens with zero attached hydrogens (tertiary/aromatic N) is 5. The number of carbonyl (C=O) groups excluding carboxylic acids is 1. The highest BCUT2D eigenvalue weighted by Crippen LogP contribution is 2.25. The van der Waals surface area contributed by atoms with Crippen LogP contribution in [-0.2, 0) is 11.3 Å². The summed E-state index contributed by atoms with van der Waals surface area (Å²) in [5.41, 5.74) is 4.06. The molecule has 192 valence electrons. The van der Waals surface area contributed by atoms with Crippen LogP contribution in [0.4, 0.5) is 0 Å². The van der Waals surface area contributed by atoms with E-state index in [0.717, 1.165) is 54.9 Å². The van der Waals surface area contributed by atoms with Gasteiger partial charge in [0.1, 0.15) is 0 Å². The second-order valence-corrected chi connectivity index (χ2v) is 9.96. The smallest absolute Gasteiger partial charge is 0.252 e. The molecule has 1 aliphatic rings. The van der Waals surface area contributed by atoms with Crippen LogP contribution in [0.1, 0.15) is 36.2 Å². The highest BCUT2D eigenvalue weighted by Gasteiger charge is 2.24. The van der Waals surface area contributed by atoms with Crippen LogP contribution in [0.15, 0.2) is 67.1 Å². The van der Waals surface area contributed by atoms with Gasteiger partial charge in [0.15, 0.2) is 5.65 Å². The summed E-state index contributed by atoms with van der Waals surface area (Å²) in [5, 5.41) is 8.59. The van der Waals surface area contributed by atoms with Gasteiger partial charge in [-0.15, -0.1) is 0 Å². The van der Waals surface area contributed by atoms with E-state index in [0.29, 0.717) is 30.2 Å². The van der Waals surface area contributed by atoms with Gasteiger partial charge in [0.2, 0.25) is 0 Å². The molecule has 1 aliphatic heterocycles. The second kappa shape index (κ2) is 11.6. The molecular weight excluding hydrogens is 464 g/mol. The van der Waals surface area contributed by atoms with E-state index >= 15 is 0 Å². The number of hydrogen-bond acceptors (Lipinski definition) is 6. The summed E-state index contributed by atoms with van der Waals surface area (Å²) in [6.07, 6.45) is 6.31. The van der Waals surface area contributed by atoms with Crippen molar-refractivity contribution in [3.8, 4) is 11.3 Å². The van der Waals surface area contributed by atoms with Gasteiger partial charge in [0.25, 0.3) is 5.91 Å². The lowest BCUT2D eigenvalue weighted by Crippen LogP contribution is -2.49. The zero-order chi connectivity index (χ0) is 25.6. The molecular formula is C29H34N6O2. The number of fused-ring (bicyclic) bond motifs is 1. The number of nitrogens with one attached hydrogen (secondary N) is 1.